The quantitative estimate of drug-likeness (QED) is 0.845. The van der Waals surface area contributed by atoms with Crippen LogP contribution in [0.2, 0.25) is 0 Å². The van der Waals surface area contributed by atoms with Crippen molar-refractivity contribution < 1.29 is 9.59 Å². The number of amides is 2. The Morgan fingerprint density at radius 2 is 1.89 bits per heavy atom. The highest BCUT2D eigenvalue weighted by Crippen LogP contribution is 2.28. The van der Waals surface area contributed by atoms with Gasteiger partial charge in [0.15, 0.2) is 0 Å². The van der Waals surface area contributed by atoms with Crippen LogP contribution in [0.3, 0.4) is 0 Å². The van der Waals surface area contributed by atoms with Gasteiger partial charge in [-0.15, -0.1) is 0 Å². The van der Waals surface area contributed by atoms with Crippen molar-refractivity contribution in [3.05, 3.63) is 0 Å². The maximum atomic E-state index is 12.6. The molecule has 1 saturated heterocycles. The zero-order chi connectivity index (χ0) is 14.0. The van der Waals surface area contributed by atoms with E-state index in [0.29, 0.717) is 12.3 Å². The molecule has 2 atom stereocenters. The molecule has 4 nitrogen and oxygen atoms in total. The SMILES string of the molecule is CCC1C(=O)NC(C(C)C)C(=O)N1CC1CCCC1. The third kappa shape index (κ3) is 2.93. The molecule has 0 aromatic rings. The predicted molar refractivity (Wildman–Crippen MR) is 74.5 cm³/mol. The molecule has 108 valence electrons. The normalized spacial score (nSPS) is 29.2. The Labute approximate surface area is 115 Å². The second-order valence-corrected chi connectivity index (χ2v) is 6.30. The van der Waals surface area contributed by atoms with Gasteiger partial charge in [-0.2, -0.15) is 0 Å². The summed E-state index contributed by atoms with van der Waals surface area (Å²) in [7, 11) is 0. The van der Waals surface area contributed by atoms with Crippen LogP contribution in [0.15, 0.2) is 0 Å². The average molecular weight is 266 g/mol. The number of carbonyl (C=O) groups is 2. The number of hydrogen-bond acceptors (Lipinski definition) is 2. The van der Waals surface area contributed by atoms with Crippen LogP contribution in [-0.2, 0) is 9.59 Å². The highest BCUT2D eigenvalue weighted by Gasteiger charge is 2.41. The summed E-state index contributed by atoms with van der Waals surface area (Å²) in [6.45, 7) is 6.73. The molecule has 4 heteroatoms. The molecule has 1 saturated carbocycles. The van der Waals surface area contributed by atoms with Crippen LogP contribution < -0.4 is 5.32 Å². The van der Waals surface area contributed by atoms with E-state index in [4.69, 9.17) is 0 Å². The lowest BCUT2D eigenvalue weighted by Crippen LogP contribution is -2.65. The first-order valence-corrected chi connectivity index (χ1v) is 7.65. The molecule has 1 heterocycles. The van der Waals surface area contributed by atoms with E-state index >= 15 is 0 Å². The molecule has 2 aliphatic rings. The van der Waals surface area contributed by atoms with Gasteiger partial charge in [-0.05, 0) is 31.1 Å². The number of piperazine rings is 1. The molecule has 2 fully saturated rings. The Balaban J connectivity index is 2.13. The van der Waals surface area contributed by atoms with E-state index in [1.807, 2.05) is 25.7 Å². The zero-order valence-electron chi connectivity index (χ0n) is 12.3. The zero-order valence-corrected chi connectivity index (χ0v) is 12.3. The van der Waals surface area contributed by atoms with Gasteiger partial charge in [0.1, 0.15) is 12.1 Å². The summed E-state index contributed by atoms with van der Waals surface area (Å²) in [6.07, 6.45) is 5.64. The van der Waals surface area contributed by atoms with Gasteiger partial charge >= 0.3 is 0 Å². The van der Waals surface area contributed by atoms with Crippen LogP contribution in [0.5, 0.6) is 0 Å². The minimum absolute atomic E-state index is 0.0267. The fourth-order valence-corrected chi connectivity index (χ4v) is 3.33. The molecule has 1 aliphatic carbocycles. The highest BCUT2D eigenvalue weighted by molar-refractivity contribution is 5.97. The van der Waals surface area contributed by atoms with Crippen molar-refractivity contribution in [2.24, 2.45) is 11.8 Å². The predicted octanol–water partition coefficient (Wildman–Crippen LogP) is 1.94. The average Bonchev–Trinajstić information content (AvgIpc) is 2.86. The summed E-state index contributed by atoms with van der Waals surface area (Å²) in [5.74, 6) is 0.893. The van der Waals surface area contributed by atoms with E-state index in [-0.39, 0.29) is 29.8 Å². The Morgan fingerprint density at radius 1 is 1.26 bits per heavy atom. The fraction of sp³-hybridized carbons (Fsp3) is 0.867. The van der Waals surface area contributed by atoms with E-state index in [2.05, 4.69) is 5.32 Å². The first-order valence-electron chi connectivity index (χ1n) is 7.65. The Kier molecular flexibility index (Phi) is 4.48. The van der Waals surface area contributed by atoms with Gasteiger partial charge in [0.25, 0.3) is 0 Å². The highest BCUT2D eigenvalue weighted by atomic mass is 16.2. The van der Waals surface area contributed by atoms with Gasteiger partial charge in [0, 0.05) is 6.54 Å². The molecule has 0 aromatic heterocycles. The van der Waals surface area contributed by atoms with Crippen molar-refractivity contribution in [1.82, 2.24) is 10.2 Å². The van der Waals surface area contributed by atoms with Crippen molar-refractivity contribution in [1.29, 1.82) is 0 Å². The van der Waals surface area contributed by atoms with Gasteiger partial charge in [0.2, 0.25) is 11.8 Å². The van der Waals surface area contributed by atoms with Crippen molar-refractivity contribution >= 4 is 11.8 Å². The lowest BCUT2D eigenvalue weighted by Gasteiger charge is -2.41. The first-order chi connectivity index (χ1) is 9.04. The maximum Gasteiger partial charge on any atom is 0.246 e. The summed E-state index contributed by atoms with van der Waals surface area (Å²) >= 11 is 0. The number of nitrogens with zero attached hydrogens (tertiary/aromatic N) is 1. The number of nitrogens with one attached hydrogen (secondary N) is 1. The second-order valence-electron chi connectivity index (χ2n) is 6.30. The van der Waals surface area contributed by atoms with Crippen LogP contribution in [0.4, 0.5) is 0 Å². The number of rotatable bonds is 4. The number of carbonyl (C=O) groups excluding carboxylic acids is 2. The largest absolute Gasteiger partial charge is 0.342 e. The Bertz CT molecular complexity index is 348. The van der Waals surface area contributed by atoms with E-state index in [1.165, 1.54) is 25.7 Å². The smallest absolute Gasteiger partial charge is 0.246 e. The van der Waals surface area contributed by atoms with Gasteiger partial charge in [-0.1, -0.05) is 33.6 Å². The molecule has 0 spiro atoms. The minimum atomic E-state index is -0.336. The Hall–Kier alpha value is -1.06. The van der Waals surface area contributed by atoms with E-state index in [9.17, 15) is 9.59 Å². The van der Waals surface area contributed by atoms with Crippen LogP contribution >= 0.6 is 0 Å². The molecule has 1 aliphatic heterocycles. The van der Waals surface area contributed by atoms with Crippen LogP contribution in [0.1, 0.15) is 52.9 Å². The van der Waals surface area contributed by atoms with Crippen molar-refractivity contribution in [3.8, 4) is 0 Å². The van der Waals surface area contributed by atoms with Gasteiger partial charge in [0.05, 0.1) is 0 Å². The molecule has 2 unspecified atom stereocenters. The van der Waals surface area contributed by atoms with E-state index < -0.39 is 0 Å². The molecule has 0 bridgehead atoms. The molecule has 1 N–H and O–H groups in total. The van der Waals surface area contributed by atoms with Gasteiger partial charge < -0.3 is 10.2 Å². The van der Waals surface area contributed by atoms with Crippen LogP contribution in [0, 0.1) is 11.8 Å². The monoisotopic (exact) mass is 266 g/mol. The van der Waals surface area contributed by atoms with E-state index in [1.54, 1.807) is 0 Å². The van der Waals surface area contributed by atoms with Crippen molar-refractivity contribution in [2.45, 2.75) is 65.0 Å². The fourth-order valence-electron chi connectivity index (χ4n) is 3.33. The topological polar surface area (TPSA) is 49.4 Å². The summed E-state index contributed by atoms with van der Waals surface area (Å²) in [4.78, 5) is 26.6. The lowest BCUT2D eigenvalue weighted by molar-refractivity contribution is -0.151. The molecular formula is C15H26N2O2. The molecule has 0 radical (unpaired) electrons. The lowest BCUT2D eigenvalue weighted by atomic mass is 9.95. The van der Waals surface area contributed by atoms with E-state index in [0.717, 1.165) is 6.54 Å². The maximum absolute atomic E-state index is 12.6. The molecule has 19 heavy (non-hydrogen) atoms. The molecular weight excluding hydrogens is 240 g/mol. The van der Waals surface area contributed by atoms with Crippen LogP contribution in [-0.4, -0.2) is 35.3 Å². The molecule has 0 aromatic carbocycles. The Morgan fingerprint density at radius 3 is 2.42 bits per heavy atom. The number of hydrogen-bond donors (Lipinski definition) is 1. The van der Waals surface area contributed by atoms with Gasteiger partial charge in [-0.25, -0.2) is 0 Å². The summed E-state index contributed by atoms with van der Waals surface area (Å²) < 4.78 is 0. The molecule has 2 amide bonds. The van der Waals surface area contributed by atoms with Crippen molar-refractivity contribution in [3.63, 3.8) is 0 Å². The summed E-state index contributed by atoms with van der Waals surface area (Å²) in [5.41, 5.74) is 0. The van der Waals surface area contributed by atoms with Crippen molar-refractivity contribution in [2.75, 3.05) is 6.54 Å². The minimum Gasteiger partial charge on any atom is -0.342 e. The first kappa shape index (κ1) is 14.4. The summed E-state index contributed by atoms with van der Waals surface area (Å²) in [6, 6.07) is -0.597. The third-order valence-corrected chi connectivity index (χ3v) is 4.51. The van der Waals surface area contributed by atoms with Gasteiger partial charge in [-0.3, -0.25) is 9.59 Å². The second kappa shape index (κ2) is 5.93. The molecule has 2 rings (SSSR count). The third-order valence-electron chi connectivity index (χ3n) is 4.51. The van der Waals surface area contributed by atoms with Crippen LogP contribution in [0.25, 0.3) is 0 Å². The standard InChI is InChI=1S/C15H26N2O2/c1-4-12-14(18)16-13(10(2)3)15(19)17(12)9-11-7-5-6-8-11/h10-13H,4-9H2,1-3H3,(H,16,18). The summed E-state index contributed by atoms with van der Waals surface area (Å²) in [5, 5.41) is 2.89.